The quantitative estimate of drug-likeness (QED) is 0.230. The third-order valence-electron chi connectivity index (χ3n) is 6.01. The number of hydrazone groups is 1. The van der Waals surface area contributed by atoms with Gasteiger partial charge in [0.05, 0.1) is 22.5 Å². The maximum atomic E-state index is 14.4. The van der Waals surface area contributed by atoms with Crippen LogP contribution in [0.15, 0.2) is 88.9 Å². The summed E-state index contributed by atoms with van der Waals surface area (Å²) in [6, 6.07) is 20.9. The fourth-order valence-corrected chi connectivity index (χ4v) is 5.80. The molecule has 0 saturated carbocycles. The molecule has 0 atom stereocenters. The summed E-state index contributed by atoms with van der Waals surface area (Å²) in [5.41, 5.74) is 5.92. The molecular formula is C28H26ClFN4O3S. The van der Waals surface area contributed by atoms with Gasteiger partial charge < -0.3 is 4.57 Å². The minimum absolute atomic E-state index is 0.0382. The molecule has 7 nitrogen and oxygen atoms in total. The van der Waals surface area contributed by atoms with Crippen molar-refractivity contribution in [3.63, 3.8) is 0 Å². The van der Waals surface area contributed by atoms with Gasteiger partial charge in [0, 0.05) is 22.0 Å². The molecule has 4 rings (SSSR count). The van der Waals surface area contributed by atoms with E-state index in [2.05, 4.69) is 10.5 Å². The number of hydrogen-bond acceptors (Lipinski definition) is 4. The Bertz CT molecular complexity index is 1620. The van der Waals surface area contributed by atoms with E-state index < -0.39 is 22.5 Å². The number of carbonyl (C=O) groups excluding carboxylic acids is 1. The molecule has 0 bridgehead atoms. The van der Waals surface area contributed by atoms with Gasteiger partial charge in [0.25, 0.3) is 15.9 Å². The van der Waals surface area contributed by atoms with Crippen molar-refractivity contribution >= 4 is 39.4 Å². The number of halogens is 2. The van der Waals surface area contributed by atoms with Gasteiger partial charge in [-0.1, -0.05) is 48.0 Å². The number of nitrogens with one attached hydrogen (secondary N) is 1. The Morgan fingerprint density at radius 1 is 1.03 bits per heavy atom. The number of para-hydroxylation sites is 1. The number of nitrogens with zero attached hydrogens (tertiary/aromatic N) is 3. The molecule has 0 aliphatic rings. The molecule has 1 heterocycles. The summed E-state index contributed by atoms with van der Waals surface area (Å²) in [5, 5.41) is 4.37. The molecule has 0 aliphatic heterocycles. The molecular weight excluding hydrogens is 527 g/mol. The third-order valence-corrected chi connectivity index (χ3v) is 8.02. The second-order valence-corrected chi connectivity index (χ2v) is 11.0. The van der Waals surface area contributed by atoms with E-state index >= 15 is 0 Å². The highest BCUT2D eigenvalue weighted by atomic mass is 35.5. The van der Waals surface area contributed by atoms with Gasteiger partial charge in [-0.05, 0) is 68.8 Å². The zero-order valence-electron chi connectivity index (χ0n) is 21.0. The Morgan fingerprint density at radius 3 is 2.42 bits per heavy atom. The predicted molar refractivity (Wildman–Crippen MR) is 148 cm³/mol. The lowest BCUT2D eigenvalue weighted by molar-refractivity contribution is -0.119. The molecule has 0 aliphatic carbocycles. The number of anilines is 1. The third kappa shape index (κ3) is 5.64. The summed E-state index contributed by atoms with van der Waals surface area (Å²) in [6.07, 6.45) is 1.44. The van der Waals surface area contributed by atoms with Crippen molar-refractivity contribution in [2.75, 3.05) is 10.8 Å². The summed E-state index contributed by atoms with van der Waals surface area (Å²) in [6.45, 7) is 4.87. The highest BCUT2D eigenvalue weighted by Crippen LogP contribution is 2.29. The van der Waals surface area contributed by atoms with E-state index in [1.165, 1.54) is 30.5 Å². The molecule has 1 amide bonds. The maximum absolute atomic E-state index is 14.4. The van der Waals surface area contributed by atoms with E-state index in [0.29, 0.717) is 21.8 Å². The van der Waals surface area contributed by atoms with Crippen LogP contribution in [0.4, 0.5) is 10.1 Å². The zero-order valence-corrected chi connectivity index (χ0v) is 22.6. The van der Waals surface area contributed by atoms with Gasteiger partial charge >= 0.3 is 0 Å². The lowest BCUT2D eigenvalue weighted by atomic mass is 10.2. The van der Waals surface area contributed by atoms with Crippen LogP contribution >= 0.6 is 11.6 Å². The first-order valence-electron chi connectivity index (χ1n) is 11.7. The minimum Gasteiger partial charge on any atom is -0.315 e. The Morgan fingerprint density at radius 2 is 1.71 bits per heavy atom. The summed E-state index contributed by atoms with van der Waals surface area (Å²) in [4.78, 5) is 12.9. The molecule has 1 N–H and O–H groups in total. The number of rotatable bonds is 8. The van der Waals surface area contributed by atoms with Crippen LogP contribution in [0.5, 0.6) is 0 Å². The molecule has 0 saturated heterocycles. The largest absolute Gasteiger partial charge is 0.315 e. The van der Waals surface area contributed by atoms with E-state index in [9.17, 15) is 17.6 Å². The fraction of sp³-hybridized carbons (Fsp3) is 0.143. The fourth-order valence-electron chi connectivity index (χ4n) is 4.13. The molecule has 3 aromatic carbocycles. The van der Waals surface area contributed by atoms with Gasteiger partial charge in [-0.25, -0.2) is 18.2 Å². The number of amides is 1. The monoisotopic (exact) mass is 552 g/mol. The smallest absolute Gasteiger partial charge is 0.264 e. The van der Waals surface area contributed by atoms with Gasteiger partial charge in [0.1, 0.15) is 12.4 Å². The van der Waals surface area contributed by atoms with Crippen molar-refractivity contribution in [1.82, 2.24) is 9.99 Å². The second-order valence-electron chi connectivity index (χ2n) is 8.66. The number of hydrogen-bond donors (Lipinski definition) is 1. The number of sulfonamides is 1. The zero-order chi connectivity index (χ0) is 27.4. The van der Waals surface area contributed by atoms with Crippen LogP contribution in [0.1, 0.15) is 22.5 Å². The summed E-state index contributed by atoms with van der Waals surface area (Å²) in [7, 11) is -4.09. The van der Waals surface area contributed by atoms with Crippen LogP contribution in [0.3, 0.4) is 0 Å². The Labute approximate surface area is 226 Å². The van der Waals surface area contributed by atoms with E-state index in [-0.39, 0.29) is 16.4 Å². The first-order chi connectivity index (χ1) is 18.1. The van der Waals surface area contributed by atoms with Crippen molar-refractivity contribution in [2.45, 2.75) is 25.7 Å². The molecule has 38 heavy (non-hydrogen) atoms. The average Bonchev–Trinajstić information content (AvgIpc) is 3.17. The summed E-state index contributed by atoms with van der Waals surface area (Å²) < 4.78 is 44.1. The minimum atomic E-state index is -4.09. The van der Waals surface area contributed by atoms with Crippen LogP contribution in [-0.4, -0.2) is 31.7 Å². The predicted octanol–water partition coefficient (Wildman–Crippen LogP) is 5.54. The van der Waals surface area contributed by atoms with E-state index in [1.54, 1.807) is 60.0 Å². The number of aromatic nitrogens is 1. The van der Waals surface area contributed by atoms with Crippen LogP contribution in [0, 0.1) is 26.6 Å². The lowest BCUT2D eigenvalue weighted by Crippen LogP contribution is -2.40. The standard InChI is InChI=1S/C28H26ClFN4O3S/c1-19-13-14-23(29)16-27(19)33(38(36,37)24-9-5-4-6-10-24)18-28(35)32-31-17-22-15-20(2)34(21(22)3)26-12-8-7-11-25(26)30/h4-17H,18H2,1-3H3,(H,32,35)/b31-17-. The topological polar surface area (TPSA) is 83.8 Å². The summed E-state index contributed by atoms with van der Waals surface area (Å²) >= 11 is 6.16. The van der Waals surface area contributed by atoms with Crippen LogP contribution in [0.2, 0.25) is 5.02 Å². The molecule has 10 heteroatoms. The van der Waals surface area contributed by atoms with Crippen LogP contribution < -0.4 is 9.73 Å². The molecule has 0 spiro atoms. The Hall–Kier alpha value is -3.95. The van der Waals surface area contributed by atoms with Gasteiger partial charge in [-0.2, -0.15) is 5.10 Å². The first-order valence-corrected chi connectivity index (χ1v) is 13.5. The molecule has 4 aromatic rings. The molecule has 196 valence electrons. The van der Waals surface area contributed by atoms with Crippen molar-refractivity contribution in [3.05, 3.63) is 112 Å². The second kappa shape index (κ2) is 11.2. The van der Waals surface area contributed by atoms with Gasteiger partial charge in [-0.3, -0.25) is 9.10 Å². The first kappa shape index (κ1) is 27.1. The van der Waals surface area contributed by atoms with Crippen molar-refractivity contribution in [1.29, 1.82) is 0 Å². The Kier molecular flexibility index (Phi) is 7.99. The number of benzene rings is 3. The maximum Gasteiger partial charge on any atom is 0.264 e. The van der Waals surface area contributed by atoms with Crippen LogP contribution in [-0.2, 0) is 14.8 Å². The van der Waals surface area contributed by atoms with E-state index in [4.69, 9.17) is 11.6 Å². The average molecular weight is 553 g/mol. The number of carbonyl (C=O) groups is 1. The van der Waals surface area contributed by atoms with Crippen LogP contribution in [0.25, 0.3) is 5.69 Å². The molecule has 1 aromatic heterocycles. The highest BCUT2D eigenvalue weighted by Gasteiger charge is 2.28. The van der Waals surface area contributed by atoms with E-state index in [1.807, 2.05) is 19.9 Å². The summed E-state index contributed by atoms with van der Waals surface area (Å²) in [5.74, 6) is -1.01. The highest BCUT2D eigenvalue weighted by molar-refractivity contribution is 7.92. The Balaban J connectivity index is 1.58. The van der Waals surface area contributed by atoms with Gasteiger partial charge in [-0.15, -0.1) is 0 Å². The van der Waals surface area contributed by atoms with E-state index in [0.717, 1.165) is 15.7 Å². The SMILES string of the molecule is Cc1ccc(Cl)cc1N(CC(=O)N/N=C\c1cc(C)n(-c2ccccc2F)c1C)S(=O)(=O)c1ccccc1. The normalized spacial score (nSPS) is 11.6. The molecule has 0 radical (unpaired) electrons. The van der Waals surface area contributed by atoms with Crippen molar-refractivity contribution in [3.8, 4) is 5.69 Å². The molecule has 0 fully saturated rings. The van der Waals surface area contributed by atoms with Crippen molar-refractivity contribution in [2.24, 2.45) is 5.10 Å². The van der Waals surface area contributed by atoms with Gasteiger partial charge in [0.2, 0.25) is 0 Å². The molecule has 0 unspecified atom stereocenters. The lowest BCUT2D eigenvalue weighted by Gasteiger charge is -2.25. The van der Waals surface area contributed by atoms with Crippen molar-refractivity contribution < 1.29 is 17.6 Å². The van der Waals surface area contributed by atoms with Gasteiger partial charge in [0.15, 0.2) is 0 Å². The number of aryl methyl sites for hydroxylation is 2.